The minimum atomic E-state index is -4.38. The van der Waals surface area contributed by atoms with Gasteiger partial charge in [-0.05, 0) is 37.0 Å². The average Bonchev–Trinajstić information content (AvgIpc) is 3.28. The van der Waals surface area contributed by atoms with E-state index in [1.165, 1.54) is 17.0 Å². The van der Waals surface area contributed by atoms with E-state index in [9.17, 15) is 22.8 Å². The van der Waals surface area contributed by atoms with Crippen molar-refractivity contribution in [3.05, 3.63) is 35.4 Å². The number of aliphatic carboxylic acids is 1. The highest BCUT2D eigenvalue weighted by atomic mass is 19.4. The second kappa shape index (κ2) is 6.60. The molecule has 1 amide bonds. The van der Waals surface area contributed by atoms with Crippen LogP contribution in [0.15, 0.2) is 24.3 Å². The zero-order valence-electron chi connectivity index (χ0n) is 12.6. The molecule has 1 N–H and O–H groups in total. The van der Waals surface area contributed by atoms with Crippen LogP contribution in [0.1, 0.15) is 30.9 Å². The van der Waals surface area contributed by atoms with Crippen molar-refractivity contribution < 1.29 is 27.9 Å². The maximum Gasteiger partial charge on any atom is 0.416 e. The van der Waals surface area contributed by atoms with Crippen LogP contribution in [0.25, 0.3) is 0 Å². The topological polar surface area (TPSA) is 57.6 Å². The molecule has 4 nitrogen and oxygen atoms in total. The molecule has 0 aromatic heterocycles. The summed E-state index contributed by atoms with van der Waals surface area (Å²) in [5.41, 5.74) is -0.115. The molecule has 0 radical (unpaired) electrons. The lowest BCUT2D eigenvalue weighted by Gasteiger charge is -2.24. The monoisotopic (exact) mass is 329 g/mol. The molecule has 0 bridgehead atoms. The van der Waals surface area contributed by atoms with E-state index in [1.807, 2.05) is 0 Å². The first kappa shape index (κ1) is 17.3. The molecular weight excluding hydrogens is 311 g/mol. The largest absolute Gasteiger partial charge is 0.480 e. The Hall–Kier alpha value is -2.05. The summed E-state index contributed by atoms with van der Waals surface area (Å²) < 4.78 is 37.6. The number of hydrogen-bond donors (Lipinski definition) is 1. The first-order valence-corrected chi connectivity index (χ1v) is 7.37. The molecule has 2 rings (SSSR count). The van der Waals surface area contributed by atoms with Crippen LogP contribution in [0.3, 0.4) is 0 Å². The fourth-order valence-corrected chi connectivity index (χ4v) is 2.47. The first-order valence-electron chi connectivity index (χ1n) is 7.37. The van der Waals surface area contributed by atoms with Crippen LogP contribution in [-0.4, -0.2) is 34.5 Å². The molecule has 0 spiro atoms. The fourth-order valence-electron chi connectivity index (χ4n) is 2.47. The van der Waals surface area contributed by atoms with Crippen LogP contribution in [-0.2, 0) is 22.2 Å². The maximum atomic E-state index is 12.5. The van der Waals surface area contributed by atoms with E-state index in [0.29, 0.717) is 5.56 Å². The second-order valence-electron chi connectivity index (χ2n) is 5.89. The molecule has 7 heteroatoms. The Morgan fingerprint density at radius 3 is 2.26 bits per heavy atom. The Morgan fingerprint density at radius 1 is 1.26 bits per heavy atom. The van der Waals surface area contributed by atoms with Gasteiger partial charge in [0, 0.05) is 12.0 Å². The molecule has 1 aliphatic carbocycles. The van der Waals surface area contributed by atoms with E-state index in [-0.39, 0.29) is 24.9 Å². The van der Waals surface area contributed by atoms with E-state index in [1.54, 1.807) is 6.92 Å². The minimum Gasteiger partial charge on any atom is -0.480 e. The molecule has 1 saturated carbocycles. The lowest BCUT2D eigenvalue weighted by atomic mass is 9.98. The van der Waals surface area contributed by atoms with Crippen molar-refractivity contribution in [1.82, 2.24) is 4.90 Å². The Bertz CT molecular complexity index is 579. The van der Waals surface area contributed by atoms with Crippen molar-refractivity contribution in [1.29, 1.82) is 0 Å². The quantitative estimate of drug-likeness (QED) is 0.873. The van der Waals surface area contributed by atoms with Gasteiger partial charge >= 0.3 is 12.1 Å². The van der Waals surface area contributed by atoms with E-state index in [0.717, 1.165) is 25.0 Å². The van der Waals surface area contributed by atoms with Gasteiger partial charge in [-0.3, -0.25) is 9.59 Å². The number of carboxylic acid groups (broad SMARTS) is 1. The summed E-state index contributed by atoms with van der Waals surface area (Å²) in [6, 6.07) is 4.66. The SMILES string of the molecule is CC(Cc1ccc(C(F)(F)F)cc1)C(=O)N(CC(=O)O)C1CC1. The van der Waals surface area contributed by atoms with Crippen molar-refractivity contribution in [2.75, 3.05) is 6.54 Å². The van der Waals surface area contributed by atoms with Crippen molar-refractivity contribution in [3.8, 4) is 0 Å². The average molecular weight is 329 g/mol. The maximum absolute atomic E-state index is 12.5. The molecule has 0 heterocycles. The number of amides is 1. The van der Waals surface area contributed by atoms with E-state index in [4.69, 9.17) is 5.11 Å². The van der Waals surface area contributed by atoms with Crippen LogP contribution in [0.4, 0.5) is 13.2 Å². The summed E-state index contributed by atoms with van der Waals surface area (Å²) in [7, 11) is 0. The number of benzene rings is 1. The Kier molecular flexibility index (Phi) is 4.97. The van der Waals surface area contributed by atoms with Gasteiger partial charge < -0.3 is 10.0 Å². The molecule has 1 aromatic rings. The summed E-state index contributed by atoms with van der Waals surface area (Å²) in [6.07, 6.45) is -2.51. The number of rotatable bonds is 6. The molecular formula is C16H18F3NO3. The normalized spacial score (nSPS) is 16.0. The highest BCUT2D eigenvalue weighted by Gasteiger charge is 2.35. The van der Waals surface area contributed by atoms with Gasteiger partial charge in [0.15, 0.2) is 0 Å². The minimum absolute atomic E-state index is 0.0198. The molecule has 1 atom stereocenters. The molecule has 1 unspecified atom stereocenters. The molecule has 126 valence electrons. The van der Waals surface area contributed by atoms with Gasteiger partial charge in [-0.2, -0.15) is 13.2 Å². The zero-order valence-corrected chi connectivity index (χ0v) is 12.6. The summed E-state index contributed by atoms with van der Waals surface area (Å²) in [4.78, 5) is 24.6. The van der Waals surface area contributed by atoms with E-state index in [2.05, 4.69) is 0 Å². The molecule has 1 aromatic carbocycles. The molecule has 23 heavy (non-hydrogen) atoms. The third kappa shape index (κ3) is 4.71. The van der Waals surface area contributed by atoms with E-state index < -0.39 is 23.6 Å². The summed E-state index contributed by atoms with van der Waals surface area (Å²) in [5.74, 6) is -1.81. The third-order valence-corrected chi connectivity index (χ3v) is 3.82. The number of nitrogens with zero attached hydrogens (tertiary/aromatic N) is 1. The van der Waals surface area contributed by atoms with Crippen molar-refractivity contribution in [2.24, 2.45) is 5.92 Å². The number of halogens is 3. The molecule has 0 saturated heterocycles. The Balaban J connectivity index is 2.01. The predicted molar refractivity (Wildman–Crippen MR) is 76.7 cm³/mol. The van der Waals surface area contributed by atoms with Gasteiger partial charge in [0.1, 0.15) is 6.54 Å². The van der Waals surface area contributed by atoms with Gasteiger partial charge in [-0.15, -0.1) is 0 Å². The highest BCUT2D eigenvalue weighted by Crippen LogP contribution is 2.30. The molecule has 0 aliphatic heterocycles. The fraction of sp³-hybridized carbons (Fsp3) is 0.500. The smallest absolute Gasteiger partial charge is 0.416 e. The standard InChI is InChI=1S/C16H18F3NO3/c1-10(15(23)20(9-14(21)22)13-6-7-13)8-11-2-4-12(5-3-11)16(17,18)19/h2-5,10,13H,6-9H2,1H3,(H,21,22). The number of carbonyl (C=O) groups excluding carboxylic acids is 1. The van der Waals surface area contributed by atoms with E-state index >= 15 is 0 Å². The summed E-state index contributed by atoms with van der Waals surface area (Å²) in [6.45, 7) is 1.33. The Labute approximate surface area is 131 Å². The van der Waals surface area contributed by atoms with Crippen molar-refractivity contribution in [2.45, 2.75) is 38.4 Å². The third-order valence-electron chi connectivity index (χ3n) is 3.82. The van der Waals surface area contributed by atoms with Crippen LogP contribution in [0, 0.1) is 5.92 Å². The van der Waals surface area contributed by atoms with Crippen molar-refractivity contribution in [3.63, 3.8) is 0 Å². The Morgan fingerprint density at radius 2 is 1.83 bits per heavy atom. The predicted octanol–water partition coefficient (Wildman–Crippen LogP) is 2.96. The van der Waals surface area contributed by atoms with Crippen LogP contribution in [0.5, 0.6) is 0 Å². The van der Waals surface area contributed by atoms with Crippen molar-refractivity contribution >= 4 is 11.9 Å². The molecule has 1 fully saturated rings. The lowest BCUT2D eigenvalue weighted by Crippen LogP contribution is -2.41. The number of carbonyl (C=O) groups is 2. The van der Waals surface area contributed by atoms with Gasteiger partial charge in [0.05, 0.1) is 5.56 Å². The van der Waals surface area contributed by atoms with Crippen LogP contribution in [0.2, 0.25) is 0 Å². The first-order chi connectivity index (χ1) is 10.7. The number of hydrogen-bond acceptors (Lipinski definition) is 2. The van der Waals surface area contributed by atoms with Gasteiger partial charge in [0.25, 0.3) is 0 Å². The number of alkyl halides is 3. The van der Waals surface area contributed by atoms with Crippen LogP contribution < -0.4 is 0 Å². The van der Waals surface area contributed by atoms with Crippen LogP contribution >= 0.6 is 0 Å². The summed E-state index contributed by atoms with van der Waals surface area (Å²) >= 11 is 0. The lowest BCUT2D eigenvalue weighted by molar-refractivity contribution is -0.146. The zero-order chi connectivity index (χ0) is 17.2. The van der Waals surface area contributed by atoms with Gasteiger partial charge in [-0.1, -0.05) is 19.1 Å². The molecule has 1 aliphatic rings. The van der Waals surface area contributed by atoms with Gasteiger partial charge in [0.2, 0.25) is 5.91 Å². The van der Waals surface area contributed by atoms with Gasteiger partial charge in [-0.25, -0.2) is 0 Å². The second-order valence-corrected chi connectivity index (χ2v) is 5.89. The number of carboxylic acids is 1. The summed E-state index contributed by atoms with van der Waals surface area (Å²) in [5, 5.41) is 8.89. The highest BCUT2D eigenvalue weighted by molar-refractivity contribution is 5.83.